The first-order valence-corrected chi connectivity index (χ1v) is 8.75. The molecule has 0 radical (unpaired) electrons. The van der Waals surface area contributed by atoms with Gasteiger partial charge in [-0.2, -0.15) is 0 Å². The van der Waals surface area contributed by atoms with Gasteiger partial charge in [-0.15, -0.1) is 0 Å². The Labute approximate surface area is 138 Å². The normalized spacial score (nSPS) is 25.9. The standard InChI is InChI=1S/C17H28N4O2/c1-3-20-9-10-21(12-15(20)17-18-7-8-19(17)2)16(22)5-4-14-6-11-23-13-14/h7-8,14-15H,3-6,9-13H2,1-2H3/t14-,15-/m0/s1. The Morgan fingerprint density at radius 3 is 2.96 bits per heavy atom. The van der Waals surface area contributed by atoms with Crippen LogP contribution >= 0.6 is 0 Å². The number of aromatic nitrogens is 2. The van der Waals surface area contributed by atoms with E-state index in [0.29, 0.717) is 12.3 Å². The summed E-state index contributed by atoms with van der Waals surface area (Å²) in [6, 6.07) is 0.201. The van der Waals surface area contributed by atoms with Gasteiger partial charge in [0.05, 0.1) is 6.04 Å². The average Bonchev–Trinajstić information content (AvgIpc) is 3.23. The maximum atomic E-state index is 12.6. The highest BCUT2D eigenvalue weighted by molar-refractivity contribution is 5.76. The highest BCUT2D eigenvalue weighted by Crippen LogP contribution is 2.25. The van der Waals surface area contributed by atoms with Crippen LogP contribution in [0.25, 0.3) is 0 Å². The van der Waals surface area contributed by atoms with Gasteiger partial charge in [-0.1, -0.05) is 6.92 Å². The summed E-state index contributed by atoms with van der Waals surface area (Å²) in [4.78, 5) is 21.5. The van der Waals surface area contributed by atoms with Crippen molar-refractivity contribution in [3.8, 4) is 0 Å². The second-order valence-corrected chi connectivity index (χ2v) is 6.65. The number of nitrogens with zero attached hydrogens (tertiary/aromatic N) is 4. The van der Waals surface area contributed by atoms with Gasteiger partial charge in [0.1, 0.15) is 5.82 Å². The molecule has 0 bridgehead atoms. The fourth-order valence-electron chi connectivity index (χ4n) is 3.67. The number of hydrogen-bond acceptors (Lipinski definition) is 4. The zero-order valence-corrected chi connectivity index (χ0v) is 14.3. The monoisotopic (exact) mass is 320 g/mol. The molecule has 3 rings (SSSR count). The molecule has 6 nitrogen and oxygen atoms in total. The number of aryl methyl sites for hydroxylation is 1. The first-order chi connectivity index (χ1) is 11.2. The van der Waals surface area contributed by atoms with Gasteiger partial charge in [0, 0.05) is 58.7 Å². The number of hydrogen-bond donors (Lipinski definition) is 0. The summed E-state index contributed by atoms with van der Waals surface area (Å²) in [6.45, 7) is 7.34. The number of rotatable bonds is 5. The smallest absolute Gasteiger partial charge is 0.222 e. The molecule has 1 aromatic heterocycles. The Hall–Kier alpha value is -1.40. The lowest BCUT2D eigenvalue weighted by Gasteiger charge is -2.40. The lowest BCUT2D eigenvalue weighted by Crippen LogP contribution is -2.50. The Kier molecular flexibility index (Phi) is 5.33. The van der Waals surface area contributed by atoms with Crippen molar-refractivity contribution < 1.29 is 9.53 Å². The number of likely N-dealkylation sites (N-methyl/N-ethyl adjacent to an activating group) is 1. The molecule has 0 N–H and O–H groups in total. The van der Waals surface area contributed by atoms with Crippen LogP contribution in [-0.4, -0.2) is 64.7 Å². The zero-order valence-electron chi connectivity index (χ0n) is 14.3. The van der Waals surface area contributed by atoms with Crippen molar-refractivity contribution in [2.75, 3.05) is 39.4 Å². The minimum absolute atomic E-state index is 0.201. The molecule has 2 fully saturated rings. The second kappa shape index (κ2) is 7.45. The Morgan fingerprint density at radius 1 is 1.43 bits per heavy atom. The number of carbonyl (C=O) groups is 1. The van der Waals surface area contributed by atoms with E-state index in [0.717, 1.165) is 58.1 Å². The molecule has 3 heterocycles. The summed E-state index contributed by atoms with van der Waals surface area (Å²) >= 11 is 0. The number of carbonyl (C=O) groups excluding carboxylic acids is 1. The number of ether oxygens (including phenoxy) is 1. The van der Waals surface area contributed by atoms with Crippen LogP contribution < -0.4 is 0 Å². The van der Waals surface area contributed by atoms with E-state index in [1.807, 2.05) is 24.3 Å². The highest BCUT2D eigenvalue weighted by atomic mass is 16.5. The third-order valence-corrected chi connectivity index (χ3v) is 5.20. The lowest BCUT2D eigenvalue weighted by atomic mass is 10.0. The molecule has 1 aromatic rings. The van der Waals surface area contributed by atoms with Gasteiger partial charge in [-0.05, 0) is 25.3 Å². The summed E-state index contributed by atoms with van der Waals surface area (Å²) < 4.78 is 7.47. The minimum Gasteiger partial charge on any atom is -0.381 e. The Morgan fingerprint density at radius 2 is 2.30 bits per heavy atom. The summed E-state index contributed by atoms with van der Waals surface area (Å²) in [5, 5.41) is 0. The van der Waals surface area contributed by atoms with E-state index in [2.05, 4.69) is 21.4 Å². The lowest BCUT2D eigenvalue weighted by molar-refractivity contribution is -0.134. The van der Waals surface area contributed by atoms with Crippen LogP contribution in [0.2, 0.25) is 0 Å². The Bertz CT molecular complexity index is 524. The van der Waals surface area contributed by atoms with Crippen LogP contribution in [0.5, 0.6) is 0 Å². The van der Waals surface area contributed by atoms with Crippen molar-refractivity contribution in [2.24, 2.45) is 13.0 Å². The van der Waals surface area contributed by atoms with Gasteiger partial charge in [-0.3, -0.25) is 9.69 Å². The average molecular weight is 320 g/mol. The zero-order chi connectivity index (χ0) is 16.2. The summed E-state index contributed by atoms with van der Waals surface area (Å²) in [7, 11) is 2.02. The topological polar surface area (TPSA) is 50.6 Å². The van der Waals surface area contributed by atoms with Crippen LogP contribution in [0.4, 0.5) is 0 Å². The Balaban J connectivity index is 1.60. The molecule has 2 aliphatic heterocycles. The molecule has 2 saturated heterocycles. The maximum Gasteiger partial charge on any atom is 0.222 e. The van der Waals surface area contributed by atoms with Crippen molar-refractivity contribution in [1.82, 2.24) is 19.4 Å². The predicted octanol–water partition coefficient (Wildman–Crippen LogP) is 1.44. The van der Waals surface area contributed by atoms with Crippen molar-refractivity contribution >= 4 is 5.91 Å². The van der Waals surface area contributed by atoms with Crippen LogP contribution in [0, 0.1) is 5.92 Å². The fraction of sp³-hybridized carbons (Fsp3) is 0.765. The van der Waals surface area contributed by atoms with Crippen molar-refractivity contribution in [3.05, 3.63) is 18.2 Å². The van der Waals surface area contributed by atoms with Crippen LogP contribution in [0.3, 0.4) is 0 Å². The van der Waals surface area contributed by atoms with Gasteiger partial charge in [0.2, 0.25) is 5.91 Å². The summed E-state index contributed by atoms with van der Waals surface area (Å²) in [6.07, 6.45) is 6.52. The third kappa shape index (κ3) is 3.75. The van der Waals surface area contributed by atoms with E-state index in [1.54, 1.807) is 0 Å². The van der Waals surface area contributed by atoms with E-state index in [-0.39, 0.29) is 11.9 Å². The maximum absolute atomic E-state index is 12.6. The van der Waals surface area contributed by atoms with Gasteiger partial charge >= 0.3 is 0 Å². The molecule has 0 aliphatic carbocycles. The van der Waals surface area contributed by atoms with Gasteiger partial charge in [-0.25, -0.2) is 4.98 Å². The van der Waals surface area contributed by atoms with E-state index >= 15 is 0 Å². The fourth-order valence-corrected chi connectivity index (χ4v) is 3.67. The van der Waals surface area contributed by atoms with Crippen molar-refractivity contribution in [1.29, 1.82) is 0 Å². The minimum atomic E-state index is 0.201. The van der Waals surface area contributed by atoms with Crippen LogP contribution in [0.1, 0.15) is 38.1 Å². The first kappa shape index (κ1) is 16.5. The molecule has 0 aromatic carbocycles. The second-order valence-electron chi connectivity index (χ2n) is 6.65. The van der Waals surface area contributed by atoms with E-state index in [9.17, 15) is 4.79 Å². The van der Waals surface area contributed by atoms with E-state index in [1.165, 1.54) is 0 Å². The molecule has 128 valence electrons. The molecule has 0 spiro atoms. The van der Waals surface area contributed by atoms with Gasteiger partial charge < -0.3 is 14.2 Å². The molecule has 1 amide bonds. The van der Waals surface area contributed by atoms with Crippen LogP contribution in [-0.2, 0) is 16.6 Å². The largest absolute Gasteiger partial charge is 0.381 e. The summed E-state index contributed by atoms with van der Waals surface area (Å²) in [5.41, 5.74) is 0. The third-order valence-electron chi connectivity index (χ3n) is 5.20. The number of amides is 1. The molecular formula is C17H28N4O2. The molecule has 6 heteroatoms. The molecular weight excluding hydrogens is 292 g/mol. The van der Waals surface area contributed by atoms with E-state index < -0.39 is 0 Å². The quantitative estimate of drug-likeness (QED) is 0.824. The first-order valence-electron chi connectivity index (χ1n) is 8.75. The highest BCUT2D eigenvalue weighted by Gasteiger charge is 2.32. The van der Waals surface area contributed by atoms with Crippen molar-refractivity contribution in [3.63, 3.8) is 0 Å². The van der Waals surface area contributed by atoms with Crippen molar-refractivity contribution in [2.45, 2.75) is 32.2 Å². The molecule has 0 saturated carbocycles. The number of imidazole rings is 1. The van der Waals surface area contributed by atoms with Gasteiger partial charge in [0.15, 0.2) is 0 Å². The molecule has 23 heavy (non-hydrogen) atoms. The molecule has 0 unspecified atom stereocenters. The SMILES string of the molecule is CCN1CCN(C(=O)CC[C@H]2CCOC2)C[C@H]1c1nccn1C. The predicted molar refractivity (Wildman–Crippen MR) is 87.9 cm³/mol. The summed E-state index contributed by atoms with van der Waals surface area (Å²) in [5.74, 6) is 1.90. The van der Waals surface area contributed by atoms with E-state index in [4.69, 9.17) is 4.74 Å². The molecule has 2 atom stereocenters. The van der Waals surface area contributed by atoms with Gasteiger partial charge in [0.25, 0.3) is 0 Å². The number of piperazine rings is 1. The van der Waals surface area contributed by atoms with Crippen LogP contribution in [0.15, 0.2) is 12.4 Å². The molecule has 2 aliphatic rings.